The lowest BCUT2D eigenvalue weighted by molar-refractivity contribution is 0.632. The Bertz CT molecular complexity index is 3270. The number of furan rings is 1. The molecule has 0 amide bonds. The Kier molecular flexibility index (Phi) is 8.87. The zero-order chi connectivity index (χ0) is 39.8. The van der Waals surface area contributed by atoms with E-state index in [0.717, 1.165) is 61.6 Å². The number of para-hydroxylation sites is 1. The molecule has 2 heteroatoms. The van der Waals surface area contributed by atoms with Crippen LogP contribution < -0.4 is 4.90 Å². The molecule has 0 aliphatic heterocycles. The van der Waals surface area contributed by atoms with E-state index >= 15 is 0 Å². The molecule has 2 nitrogen and oxygen atoms in total. The van der Waals surface area contributed by atoms with E-state index in [0.29, 0.717) is 0 Å². The average molecular weight is 766 g/mol. The lowest BCUT2D eigenvalue weighted by atomic mass is 9.96. The monoisotopic (exact) mass is 765 g/mol. The minimum atomic E-state index is 0.881. The normalized spacial score (nSPS) is 11.3. The predicted octanol–water partition coefficient (Wildman–Crippen LogP) is 16.5. The van der Waals surface area contributed by atoms with Gasteiger partial charge in [0.1, 0.15) is 11.3 Å². The van der Waals surface area contributed by atoms with Gasteiger partial charge in [0.05, 0.1) is 0 Å². The van der Waals surface area contributed by atoms with E-state index in [1.54, 1.807) is 0 Å². The van der Waals surface area contributed by atoms with Crippen LogP contribution in [0.25, 0.3) is 88.3 Å². The fraction of sp³-hybridized carbons (Fsp3) is 0. The number of hydrogen-bond donors (Lipinski definition) is 0. The zero-order valence-electron chi connectivity index (χ0n) is 32.9. The summed E-state index contributed by atoms with van der Waals surface area (Å²) in [6.45, 7) is 0. The van der Waals surface area contributed by atoms with Crippen LogP contribution in [-0.4, -0.2) is 0 Å². The van der Waals surface area contributed by atoms with Gasteiger partial charge in [-0.25, -0.2) is 0 Å². The summed E-state index contributed by atoms with van der Waals surface area (Å²) >= 11 is 0. The van der Waals surface area contributed by atoms with Crippen molar-refractivity contribution in [2.45, 2.75) is 0 Å². The van der Waals surface area contributed by atoms with E-state index in [1.165, 1.54) is 43.8 Å². The Labute approximate surface area is 349 Å². The largest absolute Gasteiger partial charge is 0.455 e. The number of hydrogen-bond acceptors (Lipinski definition) is 2. The average Bonchev–Trinajstić information content (AvgIpc) is 3.73. The van der Waals surface area contributed by atoms with Crippen molar-refractivity contribution in [2.75, 3.05) is 4.90 Å². The van der Waals surface area contributed by atoms with E-state index in [9.17, 15) is 0 Å². The quantitative estimate of drug-likeness (QED) is 0.143. The molecule has 0 saturated carbocycles. The van der Waals surface area contributed by atoms with Gasteiger partial charge in [-0.05, 0) is 115 Å². The van der Waals surface area contributed by atoms with Gasteiger partial charge >= 0.3 is 0 Å². The number of anilines is 3. The van der Waals surface area contributed by atoms with Crippen LogP contribution in [-0.2, 0) is 0 Å². The van der Waals surface area contributed by atoms with Gasteiger partial charge in [0.25, 0.3) is 0 Å². The van der Waals surface area contributed by atoms with E-state index in [4.69, 9.17) is 4.42 Å². The molecule has 1 heterocycles. The molecular weight excluding hydrogens is 727 g/mol. The molecule has 282 valence electrons. The van der Waals surface area contributed by atoms with Crippen molar-refractivity contribution in [3.63, 3.8) is 0 Å². The van der Waals surface area contributed by atoms with E-state index in [-0.39, 0.29) is 0 Å². The molecule has 0 N–H and O–H groups in total. The van der Waals surface area contributed by atoms with Crippen molar-refractivity contribution >= 4 is 49.6 Å². The molecule has 0 aliphatic carbocycles. The highest BCUT2D eigenvalue weighted by atomic mass is 16.3. The Hall–Kier alpha value is -7.94. The maximum absolute atomic E-state index is 6.58. The molecule has 0 bridgehead atoms. The van der Waals surface area contributed by atoms with Gasteiger partial charge in [0.15, 0.2) is 0 Å². The minimum absolute atomic E-state index is 0.881. The highest BCUT2D eigenvalue weighted by Gasteiger charge is 2.19. The van der Waals surface area contributed by atoms with Gasteiger partial charge < -0.3 is 9.32 Å². The molecule has 0 aliphatic rings. The van der Waals surface area contributed by atoms with Crippen LogP contribution in [0.2, 0.25) is 0 Å². The fourth-order valence-corrected chi connectivity index (χ4v) is 8.66. The smallest absolute Gasteiger partial charge is 0.143 e. The third-order valence-corrected chi connectivity index (χ3v) is 11.7. The number of nitrogens with zero attached hydrogens (tertiary/aromatic N) is 1. The molecule has 0 atom stereocenters. The summed E-state index contributed by atoms with van der Waals surface area (Å²) < 4.78 is 6.58. The summed E-state index contributed by atoms with van der Waals surface area (Å²) in [6, 6.07) is 84.7. The summed E-state index contributed by atoms with van der Waals surface area (Å²) in [4.78, 5) is 2.34. The van der Waals surface area contributed by atoms with Crippen molar-refractivity contribution in [3.8, 4) is 55.8 Å². The van der Waals surface area contributed by atoms with Crippen LogP contribution in [0, 0.1) is 0 Å². The first kappa shape index (κ1) is 35.2. The summed E-state index contributed by atoms with van der Waals surface area (Å²) in [5, 5.41) is 6.19. The second-order valence-corrected chi connectivity index (χ2v) is 15.3. The van der Waals surface area contributed by atoms with Gasteiger partial charge in [-0.1, -0.05) is 182 Å². The van der Waals surface area contributed by atoms with Gasteiger partial charge in [0.2, 0.25) is 0 Å². The van der Waals surface area contributed by atoms with Gasteiger partial charge in [-0.3, -0.25) is 0 Å². The highest BCUT2D eigenvalue weighted by Crippen LogP contribution is 2.43. The standard InChI is InChI=1S/C58H39NO/c1-3-12-40(13-4-1)41-24-31-50(32-25-41)59(52-35-28-43(29-36-52)47-30-37-54-48(38-47)23-22-44-14-7-8-19-53(44)54)51-33-26-42(27-34-51)46-17-11-18-49(39-46)58-57(45-15-5-2-6-16-45)55-20-9-10-21-56(55)60-58/h1-39H. The fourth-order valence-electron chi connectivity index (χ4n) is 8.66. The molecule has 0 spiro atoms. The Balaban J connectivity index is 0.948. The Morgan fingerprint density at radius 3 is 1.38 bits per heavy atom. The summed E-state index contributed by atoms with van der Waals surface area (Å²) in [7, 11) is 0. The molecule has 0 radical (unpaired) electrons. The lowest BCUT2D eigenvalue weighted by Gasteiger charge is -2.26. The van der Waals surface area contributed by atoms with Gasteiger partial charge in [-0.15, -0.1) is 0 Å². The van der Waals surface area contributed by atoms with E-state index in [1.807, 2.05) is 12.1 Å². The molecule has 60 heavy (non-hydrogen) atoms. The van der Waals surface area contributed by atoms with Crippen LogP contribution in [0.15, 0.2) is 241 Å². The first-order chi connectivity index (χ1) is 29.7. The number of benzene rings is 10. The molecule has 0 unspecified atom stereocenters. The summed E-state index contributed by atoms with van der Waals surface area (Å²) in [5.41, 5.74) is 14.5. The van der Waals surface area contributed by atoms with Gasteiger partial charge in [-0.2, -0.15) is 0 Å². The molecule has 10 aromatic carbocycles. The predicted molar refractivity (Wildman–Crippen MR) is 253 cm³/mol. The van der Waals surface area contributed by atoms with Crippen LogP contribution in [0.4, 0.5) is 17.1 Å². The number of fused-ring (bicyclic) bond motifs is 4. The van der Waals surface area contributed by atoms with Crippen molar-refractivity contribution < 1.29 is 4.42 Å². The molecule has 11 rings (SSSR count). The molecule has 11 aromatic rings. The van der Waals surface area contributed by atoms with Crippen molar-refractivity contribution in [1.82, 2.24) is 0 Å². The number of rotatable bonds is 8. The second kappa shape index (κ2) is 15.1. The Morgan fingerprint density at radius 1 is 0.267 bits per heavy atom. The van der Waals surface area contributed by atoms with Crippen LogP contribution in [0.3, 0.4) is 0 Å². The van der Waals surface area contributed by atoms with Crippen LogP contribution in [0.5, 0.6) is 0 Å². The highest BCUT2D eigenvalue weighted by molar-refractivity contribution is 6.08. The topological polar surface area (TPSA) is 16.4 Å². The van der Waals surface area contributed by atoms with E-state index in [2.05, 4.69) is 229 Å². The van der Waals surface area contributed by atoms with Crippen LogP contribution in [0.1, 0.15) is 0 Å². The molecular formula is C58H39NO. The lowest BCUT2D eigenvalue weighted by Crippen LogP contribution is -2.09. The third kappa shape index (κ3) is 6.51. The van der Waals surface area contributed by atoms with Crippen LogP contribution >= 0.6 is 0 Å². The molecule has 1 aromatic heterocycles. The first-order valence-corrected chi connectivity index (χ1v) is 20.5. The Morgan fingerprint density at radius 2 is 0.717 bits per heavy atom. The second-order valence-electron chi connectivity index (χ2n) is 15.3. The van der Waals surface area contributed by atoms with Crippen molar-refractivity contribution in [2.24, 2.45) is 0 Å². The maximum atomic E-state index is 6.58. The zero-order valence-corrected chi connectivity index (χ0v) is 32.9. The third-order valence-electron chi connectivity index (χ3n) is 11.7. The maximum Gasteiger partial charge on any atom is 0.143 e. The molecule has 0 fully saturated rings. The van der Waals surface area contributed by atoms with Crippen molar-refractivity contribution in [3.05, 3.63) is 237 Å². The SMILES string of the molecule is c1ccc(-c2ccc(N(c3ccc(-c4cccc(-c5oc6ccccc6c5-c5ccccc5)c4)cc3)c3ccc(-c4ccc5c(ccc6ccccc65)c4)cc3)cc2)cc1. The van der Waals surface area contributed by atoms with Gasteiger partial charge in [0, 0.05) is 33.6 Å². The minimum Gasteiger partial charge on any atom is -0.455 e. The van der Waals surface area contributed by atoms with Crippen molar-refractivity contribution in [1.29, 1.82) is 0 Å². The first-order valence-electron chi connectivity index (χ1n) is 20.5. The summed E-state index contributed by atoms with van der Waals surface area (Å²) in [5.74, 6) is 0.881. The molecule has 0 saturated heterocycles. The van der Waals surface area contributed by atoms with E-state index < -0.39 is 0 Å². The summed E-state index contributed by atoms with van der Waals surface area (Å²) in [6.07, 6.45) is 0.